The molecule has 0 saturated carbocycles. The average Bonchev–Trinajstić information content (AvgIpc) is 3.27. The molecular weight excluding hydrogens is 426 g/mol. The van der Waals surface area contributed by atoms with Crippen LogP contribution >= 0.6 is 11.3 Å². The number of rotatable bonds is 6. The number of fused-ring (bicyclic) bond motifs is 3. The number of piperidine rings is 1. The highest BCUT2D eigenvalue weighted by atomic mass is 32.1. The molecule has 2 N–H and O–H groups in total. The van der Waals surface area contributed by atoms with E-state index in [0.29, 0.717) is 36.4 Å². The number of carbonyl (C=O) groups excluding carboxylic acids is 2. The quantitative estimate of drug-likeness (QED) is 0.577. The summed E-state index contributed by atoms with van der Waals surface area (Å²) >= 11 is 1.31. The number of nitrogens with zero attached hydrogens (tertiary/aromatic N) is 2. The van der Waals surface area contributed by atoms with Gasteiger partial charge in [-0.3, -0.25) is 14.7 Å². The Morgan fingerprint density at radius 1 is 1.28 bits per heavy atom. The minimum Gasteiger partial charge on any atom is -0.494 e. The van der Waals surface area contributed by atoms with Crippen molar-refractivity contribution in [3.8, 4) is 5.75 Å². The van der Waals surface area contributed by atoms with E-state index in [1.54, 1.807) is 19.5 Å². The second kappa shape index (κ2) is 8.18. The number of benzene rings is 1. The molecular formula is C24H25N3O4S. The Kier molecular flexibility index (Phi) is 5.35. The number of primary amides is 1. The molecule has 5 rings (SSSR count). The van der Waals surface area contributed by atoms with E-state index in [1.165, 1.54) is 11.3 Å². The second-order valence-corrected chi connectivity index (χ2v) is 9.56. The van der Waals surface area contributed by atoms with Crippen LogP contribution in [0.25, 0.3) is 10.1 Å². The van der Waals surface area contributed by atoms with Crippen molar-refractivity contribution in [1.29, 1.82) is 0 Å². The van der Waals surface area contributed by atoms with Gasteiger partial charge in [0.25, 0.3) is 0 Å². The van der Waals surface area contributed by atoms with Gasteiger partial charge in [-0.2, -0.15) is 0 Å². The van der Waals surface area contributed by atoms with Gasteiger partial charge >= 0.3 is 5.97 Å². The molecule has 2 aromatic heterocycles. The van der Waals surface area contributed by atoms with Gasteiger partial charge in [0.15, 0.2) is 10.6 Å². The number of aromatic nitrogens is 1. The molecule has 0 spiro atoms. The first-order valence-corrected chi connectivity index (χ1v) is 11.6. The molecule has 1 aromatic carbocycles. The molecule has 3 unspecified atom stereocenters. The van der Waals surface area contributed by atoms with Crippen LogP contribution in [0, 0.1) is 0 Å². The van der Waals surface area contributed by atoms with Gasteiger partial charge in [-0.25, -0.2) is 4.79 Å². The normalized spacial score (nSPS) is 25.0. The molecule has 3 atom stereocenters. The van der Waals surface area contributed by atoms with Crippen LogP contribution in [0.3, 0.4) is 0 Å². The van der Waals surface area contributed by atoms with E-state index in [4.69, 9.17) is 15.2 Å². The zero-order chi connectivity index (χ0) is 22.3. The number of pyridine rings is 1. The Morgan fingerprint density at radius 3 is 2.84 bits per heavy atom. The van der Waals surface area contributed by atoms with Crippen molar-refractivity contribution in [2.24, 2.45) is 5.73 Å². The Balaban J connectivity index is 1.38. The van der Waals surface area contributed by atoms with E-state index in [-0.39, 0.29) is 18.1 Å². The molecule has 0 aliphatic carbocycles. The maximum atomic E-state index is 13.1. The van der Waals surface area contributed by atoms with Gasteiger partial charge < -0.3 is 15.2 Å². The molecule has 2 bridgehead atoms. The number of carbonyl (C=O) groups is 2. The van der Waals surface area contributed by atoms with Crippen LogP contribution in [-0.4, -0.2) is 46.6 Å². The number of thiophene rings is 1. The number of hydrogen-bond donors (Lipinski definition) is 1. The summed E-state index contributed by atoms with van der Waals surface area (Å²) in [5.74, 6) is -0.266. The predicted molar refractivity (Wildman–Crippen MR) is 122 cm³/mol. The maximum Gasteiger partial charge on any atom is 0.352 e. The van der Waals surface area contributed by atoms with Gasteiger partial charge in [-0.15, -0.1) is 11.3 Å². The zero-order valence-electron chi connectivity index (χ0n) is 17.8. The van der Waals surface area contributed by atoms with Crippen molar-refractivity contribution in [2.45, 2.75) is 49.9 Å². The summed E-state index contributed by atoms with van der Waals surface area (Å²) in [7, 11) is 1.54. The molecule has 166 valence electrons. The molecule has 2 aliphatic heterocycles. The smallest absolute Gasteiger partial charge is 0.352 e. The summed E-state index contributed by atoms with van der Waals surface area (Å²) in [4.78, 5) is 32.5. The third-order valence-electron chi connectivity index (χ3n) is 6.75. The van der Waals surface area contributed by atoms with E-state index in [2.05, 4.69) is 22.0 Å². The van der Waals surface area contributed by atoms with Crippen molar-refractivity contribution < 1.29 is 19.1 Å². The monoisotopic (exact) mass is 451 g/mol. The van der Waals surface area contributed by atoms with Crippen LogP contribution in [0.1, 0.15) is 40.9 Å². The predicted octanol–water partition coefficient (Wildman–Crippen LogP) is 3.51. The number of ether oxygens (including phenoxy) is 2. The fourth-order valence-corrected chi connectivity index (χ4v) is 6.29. The first-order chi connectivity index (χ1) is 15.5. The molecule has 7 nitrogen and oxygen atoms in total. The summed E-state index contributed by atoms with van der Waals surface area (Å²) in [6, 6.07) is 12.1. The van der Waals surface area contributed by atoms with Crippen LogP contribution in [0.5, 0.6) is 5.75 Å². The van der Waals surface area contributed by atoms with Gasteiger partial charge in [0.1, 0.15) is 11.6 Å². The summed E-state index contributed by atoms with van der Waals surface area (Å²) in [5.41, 5.74) is 6.29. The Labute approximate surface area is 190 Å². The molecule has 32 heavy (non-hydrogen) atoms. The van der Waals surface area contributed by atoms with E-state index in [9.17, 15) is 9.59 Å². The molecule has 3 aromatic rings. The molecule has 4 heterocycles. The lowest BCUT2D eigenvalue weighted by molar-refractivity contribution is -0.136. The number of amides is 1. The van der Waals surface area contributed by atoms with Crippen molar-refractivity contribution >= 4 is 33.3 Å². The van der Waals surface area contributed by atoms with Gasteiger partial charge in [0.05, 0.1) is 11.8 Å². The molecule has 2 aliphatic rings. The van der Waals surface area contributed by atoms with Gasteiger partial charge in [0, 0.05) is 43.2 Å². The van der Waals surface area contributed by atoms with Gasteiger partial charge in [-0.1, -0.05) is 30.3 Å². The third kappa shape index (κ3) is 3.43. The van der Waals surface area contributed by atoms with Gasteiger partial charge in [0.2, 0.25) is 5.91 Å². The highest BCUT2D eigenvalue weighted by Gasteiger charge is 2.56. The molecule has 2 fully saturated rings. The Hall–Kier alpha value is -2.97. The number of esters is 1. The fraction of sp³-hybridized carbons (Fsp3) is 0.375. The van der Waals surface area contributed by atoms with Gasteiger partial charge in [-0.05, 0) is 24.5 Å². The molecule has 2 saturated heterocycles. The first-order valence-electron chi connectivity index (χ1n) is 10.7. The van der Waals surface area contributed by atoms with Crippen LogP contribution in [0.4, 0.5) is 0 Å². The molecule has 8 heteroatoms. The average molecular weight is 452 g/mol. The van der Waals surface area contributed by atoms with Crippen molar-refractivity contribution in [2.75, 3.05) is 7.11 Å². The number of methoxy groups -OCH3 is 1. The topological polar surface area (TPSA) is 94.8 Å². The number of nitrogens with two attached hydrogens (primary N) is 1. The Bertz CT molecular complexity index is 1160. The standard InChI is InChI=1S/C24H25N3O4S/c1-30-20-18-8-10-26-13-19(18)32-21(20)22(28)31-17-11-16-7-9-24(12-17,23(25)29)27(16)14-15-5-3-2-4-6-15/h2-6,8,10,13,16-17H,7,9,11-12,14H2,1H3,(H2,25,29). The van der Waals surface area contributed by atoms with E-state index < -0.39 is 11.5 Å². The van der Waals surface area contributed by atoms with Crippen molar-refractivity contribution in [3.05, 3.63) is 59.2 Å². The van der Waals surface area contributed by atoms with E-state index in [1.807, 2.05) is 24.3 Å². The van der Waals surface area contributed by atoms with E-state index in [0.717, 1.165) is 22.1 Å². The van der Waals surface area contributed by atoms with E-state index >= 15 is 0 Å². The molecule has 0 radical (unpaired) electrons. The van der Waals surface area contributed by atoms with Crippen LogP contribution in [0.2, 0.25) is 0 Å². The lowest BCUT2D eigenvalue weighted by Gasteiger charge is -2.45. The zero-order valence-corrected chi connectivity index (χ0v) is 18.6. The summed E-state index contributed by atoms with van der Waals surface area (Å²) in [5, 5.41) is 0.839. The largest absolute Gasteiger partial charge is 0.494 e. The van der Waals surface area contributed by atoms with Crippen LogP contribution < -0.4 is 10.5 Å². The first kappa shape index (κ1) is 20.9. The highest BCUT2D eigenvalue weighted by Crippen LogP contribution is 2.46. The van der Waals surface area contributed by atoms with Crippen molar-refractivity contribution in [3.63, 3.8) is 0 Å². The van der Waals surface area contributed by atoms with Crippen LogP contribution in [-0.2, 0) is 16.1 Å². The SMILES string of the molecule is COc1c(C(=O)OC2CC3CCC(C(N)=O)(C2)N3Cc2ccccc2)sc2cnccc12. The minimum absolute atomic E-state index is 0.141. The minimum atomic E-state index is -0.794. The third-order valence-corrected chi connectivity index (χ3v) is 7.85. The summed E-state index contributed by atoms with van der Waals surface area (Å²) in [6.45, 7) is 0.659. The maximum absolute atomic E-state index is 13.1. The second-order valence-electron chi connectivity index (χ2n) is 8.51. The Morgan fingerprint density at radius 2 is 2.09 bits per heavy atom. The highest BCUT2D eigenvalue weighted by molar-refractivity contribution is 7.21. The lowest BCUT2D eigenvalue weighted by atomic mass is 9.85. The lowest BCUT2D eigenvalue weighted by Crippen LogP contribution is -2.60. The van der Waals surface area contributed by atoms with Crippen molar-refractivity contribution in [1.82, 2.24) is 9.88 Å². The summed E-state index contributed by atoms with van der Waals surface area (Å²) in [6.07, 6.45) is 5.65. The fourth-order valence-electron chi connectivity index (χ4n) is 5.27. The van der Waals surface area contributed by atoms with Crippen LogP contribution in [0.15, 0.2) is 48.8 Å². The number of hydrogen-bond acceptors (Lipinski definition) is 7. The summed E-state index contributed by atoms with van der Waals surface area (Å²) < 4.78 is 12.3. The molecule has 1 amide bonds.